The van der Waals surface area contributed by atoms with Gasteiger partial charge >= 0.3 is 6.18 Å². The SMILES string of the molecule is IC1CCCC2C3NC4NC(NC5NC(NC6NC(NC(N3)C12)C1CCCCC61)C1CCCCC51)C1CCCCC41.NCC(F)(F)F.[Zn]. The van der Waals surface area contributed by atoms with Crippen LogP contribution >= 0.6 is 22.6 Å². The molecule has 9 nitrogen and oxygen atoms in total. The van der Waals surface area contributed by atoms with E-state index in [9.17, 15) is 13.2 Å². The largest absolute Gasteiger partial charge is 0.400 e. The zero-order valence-corrected chi connectivity index (χ0v) is 33.5. The quantitative estimate of drug-likeness (QED) is 0.103. The van der Waals surface area contributed by atoms with Crippen LogP contribution in [0.1, 0.15) is 96.3 Å². The first-order chi connectivity index (χ1) is 22.8. The average Bonchev–Trinajstić information content (AvgIpc) is 3.81. The van der Waals surface area contributed by atoms with Crippen LogP contribution < -0.4 is 48.3 Å². The maximum absolute atomic E-state index is 10.7. The molecule has 4 aliphatic carbocycles. The van der Waals surface area contributed by atoms with Crippen LogP contribution in [0.15, 0.2) is 0 Å². The van der Waals surface area contributed by atoms with Crippen molar-refractivity contribution in [1.82, 2.24) is 42.5 Å². The van der Waals surface area contributed by atoms with Crippen molar-refractivity contribution in [1.29, 1.82) is 0 Å². The fourth-order valence-electron chi connectivity index (χ4n) is 12.0. The van der Waals surface area contributed by atoms with Gasteiger partial charge in [-0.2, -0.15) is 13.2 Å². The van der Waals surface area contributed by atoms with Crippen LogP contribution in [0.25, 0.3) is 0 Å². The second kappa shape index (κ2) is 15.6. The summed E-state index contributed by atoms with van der Waals surface area (Å²) in [6.45, 7) is -1.23. The molecular weight excluding hydrogens is 784 g/mol. The number of hydrogen-bond donors (Lipinski definition) is 9. The Kier molecular flexibility index (Phi) is 12.1. The van der Waals surface area contributed by atoms with Crippen molar-refractivity contribution in [3.05, 3.63) is 0 Å². The third-order valence-electron chi connectivity index (χ3n) is 14.0. The summed E-state index contributed by atoms with van der Waals surface area (Å²) < 4.78 is 32.7. The van der Waals surface area contributed by atoms with Gasteiger partial charge in [0.1, 0.15) is 0 Å². The molecule has 0 aromatic heterocycles. The average molecular weight is 843 g/mol. The van der Waals surface area contributed by atoms with Crippen molar-refractivity contribution in [2.75, 3.05) is 6.54 Å². The van der Waals surface area contributed by atoms with E-state index >= 15 is 0 Å². The predicted molar refractivity (Wildman–Crippen MR) is 185 cm³/mol. The molecule has 5 saturated heterocycles. The first-order valence-electron chi connectivity index (χ1n) is 19.3. The van der Waals surface area contributed by atoms with E-state index in [0.717, 1.165) is 39.4 Å². The molecule has 5 heterocycles. The predicted octanol–water partition coefficient (Wildman–Crippen LogP) is 3.52. The van der Waals surface area contributed by atoms with Crippen molar-refractivity contribution in [2.24, 2.45) is 53.1 Å². The Morgan fingerprint density at radius 2 is 0.688 bits per heavy atom. The Hall–Kier alpha value is 0.783. The Morgan fingerprint density at radius 1 is 0.438 bits per heavy atom. The molecule has 0 spiro atoms. The van der Waals surface area contributed by atoms with Gasteiger partial charge < -0.3 is 5.73 Å². The van der Waals surface area contributed by atoms with Crippen LogP contribution in [0, 0.1) is 47.3 Å². The second-order valence-electron chi connectivity index (χ2n) is 16.5. The maximum Gasteiger partial charge on any atom is 0.400 e. The minimum Gasteiger partial charge on any atom is -0.323 e. The van der Waals surface area contributed by atoms with Gasteiger partial charge in [0.15, 0.2) is 0 Å². The summed E-state index contributed by atoms with van der Waals surface area (Å²) in [5.41, 5.74) is 4.18. The van der Waals surface area contributed by atoms with Crippen molar-refractivity contribution in [2.45, 2.75) is 156 Å². The molecule has 17 unspecified atom stereocenters. The van der Waals surface area contributed by atoms with E-state index in [4.69, 9.17) is 0 Å². The Balaban J connectivity index is 0.000000481. The van der Waals surface area contributed by atoms with Gasteiger partial charge in [0.2, 0.25) is 0 Å². The van der Waals surface area contributed by atoms with Gasteiger partial charge in [0, 0.05) is 29.3 Å². The molecule has 4 saturated carbocycles. The minimum atomic E-state index is -4.18. The van der Waals surface area contributed by atoms with E-state index in [0.29, 0.717) is 61.2 Å². The zero-order valence-electron chi connectivity index (χ0n) is 28.4. The Morgan fingerprint density at radius 3 is 0.979 bits per heavy atom. The molecule has 9 fully saturated rings. The van der Waals surface area contributed by atoms with Gasteiger partial charge in [-0.05, 0) is 92.8 Å². The first-order valence-corrected chi connectivity index (χ1v) is 20.5. The monoisotopic (exact) mass is 841 g/mol. The van der Waals surface area contributed by atoms with Crippen LogP contribution in [-0.4, -0.2) is 66.0 Å². The topological polar surface area (TPSA) is 122 Å². The summed E-state index contributed by atoms with van der Waals surface area (Å²) in [6, 6.07) is 0. The van der Waals surface area contributed by atoms with E-state index in [1.807, 2.05) is 0 Å². The van der Waals surface area contributed by atoms with Gasteiger partial charge in [-0.3, -0.25) is 42.5 Å². The van der Waals surface area contributed by atoms with Crippen LogP contribution in [0.4, 0.5) is 13.2 Å². The molecule has 14 heteroatoms. The van der Waals surface area contributed by atoms with Crippen LogP contribution in [0.2, 0.25) is 0 Å². The van der Waals surface area contributed by atoms with Crippen molar-refractivity contribution in [3.8, 4) is 0 Å². The molecule has 0 aromatic rings. The normalized spacial score (nSPS) is 51.3. The number of alkyl halides is 4. The molecule has 17 atom stereocenters. The standard InChI is InChI=1S/C32H55IN8.C2H4F3N.Zn/c33-23-15-7-14-22-24(23)32-40-30-21-13-6-5-12-20(21)28(38-30)36-26-17-9-2-1-8-16(17)25(34-26)35-27-18-10-3-4-11-19(18)29(37-27)39-31(22)41-32;3-2(4,5)1-6;/h16-32,34-41H,1-15H2;1,6H2;. The van der Waals surface area contributed by atoms with E-state index in [1.54, 1.807) is 0 Å². The van der Waals surface area contributed by atoms with E-state index in [-0.39, 0.29) is 19.5 Å². The van der Waals surface area contributed by atoms with Crippen LogP contribution in [-0.2, 0) is 19.5 Å². The molecule has 48 heavy (non-hydrogen) atoms. The maximum atomic E-state index is 10.7. The molecule has 9 aliphatic rings. The molecule has 9 rings (SSSR count). The van der Waals surface area contributed by atoms with E-state index in [1.165, 1.54) is 96.3 Å². The zero-order chi connectivity index (χ0) is 32.3. The Bertz CT molecular complexity index is 1080. The molecule has 10 N–H and O–H groups in total. The summed E-state index contributed by atoms with van der Waals surface area (Å²) in [4.78, 5) is 0. The van der Waals surface area contributed by atoms with Gasteiger partial charge in [0.05, 0.1) is 55.9 Å². The van der Waals surface area contributed by atoms with Crippen LogP contribution in [0.3, 0.4) is 0 Å². The molecule has 8 bridgehead atoms. The summed E-state index contributed by atoms with van der Waals surface area (Å²) in [5.74, 6) is 5.85. The van der Waals surface area contributed by atoms with Crippen molar-refractivity contribution < 1.29 is 32.6 Å². The first kappa shape index (κ1) is 37.1. The number of hydrogen-bond acceptors (Lipinski definition) is 9. The summed E-state index contributed by atoms with van der Waals surface area (Å²) in [6.07, 6.45) is 19.8. The van der Waals surface area contributed by atoms with Gasteiger partial charge in [-0.15, -0.1) is 0 Å². The fourth-order valence-corrected chi connectivity index (χ4v) is 13.4. The minimum absolute atomic E-state index is 0. The molecule has 0 amide bonds. The molecule has 0 aromatic carbocycles. The van der Waals surface area contributed by atoms with Gasteiger partial charge in [0.25, 0.3) is 0 Å². The van der Waals surface area contributed by atoms with Crippen molar-refractivity contribution in [3.63, 3.8) is 0 Å². The number of fused-ring (bicyclic) bond motifs is 20. The number of rotatable bonds is 0. The van der Waals surface area contributed by atoms with Gasteiger partial charge in [-0.25, -0.2) is 0 Å². The molecular formula is C34H59F3IN9Zn. The number of halogens is 4. The smallest absolute Gasteiger partial charge is 0.323 e. The number of nitrogens with two attached hydrogens (primary N) is 1. The summed E-state index contributed by atoms with van der Waals surface area (Å²) >= 11 is 2.81. The summed E-state index contributed by atoms with van der Waals surface area (Å²) in [7, 11) is 0. The van der Waals surface area contributed by atoms with Crippen molar-refractivity contribution >= 4 is 22.6 Å². The van der Waals surface area contributed by atoms with Gasteiger partial charge in [-0.1, -0.05) is 67.5 Å². The van der Waals surface area contributed by atoms with Crippen LogP contribution in [0.5, 0.6) is 0 Å². The van der Waals surface area contributed by atoms with E-state index in [2.05, 4.69) is 70.9 Å². The Labute approximate surface area is 311 Å². The number of nitrogens with one attached hydrogen (secondary N) is 8. The summed E-state index contributed by atoms with van der Waals surface area (Å²) in [5, 5.41) is 33.9. The molecule has 5 aliphatic heterocycles. The van der Waals surface area contributed by atoms with E-state index < -0.39 is 12.7 Å². The third kappa shape index (κ3) is 7.44. The second-order valence-corrected chi connectivity index (χ2v) is 18.1. The third-order valence-corrected chi connectivity index (χ3v) is 15.5. The fraction of sp³-hybridized carbons (Fsp3) is 1.00. The molecule has 0 radical (unpaired) electrons. The molecule has 270 valence electrons.